The van der Waals surface area contributed by atoms with Crippen LogP contribution in [0.2, 0.25) is 0 Å². The molecule has 1 aromatic rings. The van der Waals surface area contributed by atoms with Crippen LogP contribution < -0.4 is 5.32 Å². The molecule has 8 nitrogen and oxygen atoms in total. The molecule has 1 saturated heterocycles. The summed E-state index contributed by atoms with van der Waals surface area (Å²) in [7, 11) is 3.24. The van der Waals surface area contributed by atoms with E-state index in [1.54, 1.807) is 14.1 Å². The summed E-state index contributed by atoms with van der Waals surface area (Å²) in [5, 5.41) is 6.55. The molecule has 0 bridgehead atoms. The third-order valence-corrected chi connectivity index (χ3v) is 3.93. The Morgan fingerprint density at radius 1 is 1.32 bits per heavy atom. The molecule has 1 fully saturated rings. The van der Waals surface area contributed by atoms with Crippen LogP contribution in [-0.2, 0) is 16.1 Å². The van der Waals surface area contributed by atoms with E-state index in [4.69, 9.17) is 0 Å². The molecule has 0 unspecified atom stereocenters. The molecule has 0 spiro atoms. The number of hydrogen-bond acceptors (Lipinski definition) is 5. The van der Waals surface area contributed by atoms with Crippen LogP contribution in [0.3, 0.4) is 0 Å². The molecule has 2 heterocycles. The quantitative estimate of drug-likeness (QED) is 0.828. The Balaban J connectivity index is 1.81. The molecular formula is C14H21F3N6O2. The summed E-state index contributed by atoms with van der Waals surface area (Å²) in [5.41, 5.74) is 0. The van der Waals surface area contributed by atoms with Crippen molar-refractivity contribution in [3.63, 3.8) is 0 Å². The van der Waals surface area contributed by atoms with Crippen LogP contribution >= 0.6 is 0 Å². The summed E-state index contributed by atoms with van der Waals surface area (Å²) < 4.78 is 38.4. The number of rotatable bonds is 5. The summed E-state index contributed by atoms with van der Waals surface area (Å²) in [4.78, 5) is 30.4. The van der Waals surface area contributed by atoms with Gasteiger partial charge in [-0.1, -0.05) is 0 Å². The van der Waals surface area contributed by atoms with Crippen molar-refractivity contribution in [2.45, 2.75) is 25.6 Å². The van der Waals surface area contributed by atoms with Gasteiger partial charge in [-0.3, -0.25) is 19.8 Å². The normalized spacial score (nSPS) is 16.7. The first kappa shape index (κ1) is 19.2. The number of anilines is 1. The summed E-state index contributed by atoms with van der Waals surface area (Å²) in [6.07, 6.45) is -2.19. The zero-order valence-electron chi connectivity index (χ0n) is 14.1. The molecule has 11 heteroatoms. The van der Waals surface area contributed by atoms with E-state index in [1.807, 2.05) is 0 Å². The highest BCUT2D eigenvalue weighted by molar-refractivity contribution is 5.90. The van der Waals surface area contributed by atoms with Gasteiger partial charge in [0.15, 0.2) is 0 Å². The highest BCUT2D eigenvalue weighted by atomic mass is 19.4. The molecule has 0 radical (unpaired) electrons. The van der Waals surface area contributed by atoms with E-state index in [1.165, 1.54) is 20.8 Å². The van der Waals surface area contributed by atoms with Gasteiger partial charge in [-0.15, -0.1) is 5.10 Å². The number of hydrogen-bond donors (Lipinski definition) is 1. The number of carbonyl (C=O) groups is 2. The number of likely N-dealkylation sites (N-methyl/N-ethyl adjacent to an activating group) is 1. The fourth-order valence-corrected chi connectivity index (χ4v) is 2.53. The Kier molecular flexibility index (Phi) is 5.98. The van der Waals surface area contributed by atoms with Gasteiger partial charge in [-0.05, 0) is 25.9 Å². The minimum Gasteiger partial charge on any atom is -0.347 e. The second kappa shape index (κ2) is 7.81. The standard InChI is InChI=1S/C14H21F3N6O2/c1-21(2)11(24)7-23-9-18-13(20-23)19-12(25)10-3-5-22(6-4-10)8-14(15,16)17/h9-10H,3-8H2,1-2H3,(H,19,20,25). The number of amides is 2. The van der Waals surface area contributed by atoms with Gasteiger partial charge in [0, 0.05) is 20.0 Å². The fourth-order valence-electron chi connectivity index (χ4n) is 2.53. The molecule has 25 heavy (non-hydrogen) atoms. The molecule has 1 aliphatic rings. The van der Waals surface area contributed by atoms with Crippen molar-refractivity contribution in [1.29, 1.82) is 0 Å². The largest absolute Gasteiger partial charge is 0.401 e. The first-order valence-electron chi connectivity index (χ1n) is 7.83. The molecule has 0 atom stereocenters. The van der Waals surface area contributed by atoms with E-state index >= 15 is 0 Å². The van der Waals surface area contributed by atoms with Gasteiger partial charge < -0.3 is 4.90 Å². The van der Waals surface area contributed by atoms with E-state index in [2.05, 4.69) is 15.4 Å². The molecule has 1 aliphatic heterocycles. The van der Waals surface area contributed by atoms with E-state index in [9.17, 15) is 22.8 Å². The van der Waals surface area contributed by atoms with Crippen LogP contribution in [-0.4, -0.2) is 76.3 Å². The zero-order chi connectivity index (χ0) is 18.6. The van der Waals surface area contributed by atoms with Crippen molar-refractivity contribution in [2.24, 2.45) is 5.92 Å². The second-order valence-electron chi connectivity index (χ2n) is 6.21. The lowest BCUT2D eigenvalue weighted by molar-refractivity contribution is -0.149. The summed E-state index contributed by atoms with van der Waals surface area (Å²) in [5.74, 6) is -0.780. The lowest BCUT2D eigenvalue weighted by Crippen LogP contribution is -2.42. The average Bonchev–Trinajstić information content (AvgIpc) is 2.93. The molecule has 2 rings (SSSR count). The van der Waals surface area contributed by atoms with E-state index in [-0.39, 0.29) is 43.3 Å². The molecule has 1 N–H and O–H groups in total. The van der Waals surface area contributed by atoms with Gasteiger partial charge >= 0.3 is 6.18 Å². The molecule has 0 aromatic carbocycles. The number of nitrogens with zero attached hydrogens (tertiary/aromatic N) is 5. The molecular weight excluding hydrogens is 341 g/mol. The Hall–Kier alpha value is -2.17. The Morgan fingerprint density at radius 2 is 1.96 bits per heavy atom. The lowest BCUT2D eigenvalue weighted by Gasteiger charge is -2.31. The Labute approximate surface area is 143 Å². The fraction of sp³-hybridized carbons (Fsp3) is 0.714. The predicted molar refractivity (Wildman–Crippen MR) is 82.6 cm³/mol. The Morgan fingerprint density at radius 3 is 2.52 bits per heavy atom. The molecule has 1 aromatic heterocycles. The molecule has 2 amide bonds. The van der Waals surface area contributed by atoms with Crippen LogP contribution in [0.1, 0.15) is 12.8 Å². The van der Waals surface area contributed by atoms with Crippen LogP contribution in [0.15, 0.2) is 6.33 Å². The summed E-state index contributed by atoms with van der Waals surface area (Å²) in [6, 6.07) is 0. The highest BCUT2D eigenvalue weighted by Gasteiger charge is 2.34. The number of alkyl halides is 3. The zero-order valence-corrected chi connectivity index (χ0v) is 14.1. The van der Waals surface area contributed by atoms with Crippen molar-refractivity contribution >= 4 is 17.8 Å². The number of aromatic nitrogens is 3. The van der Waals surface area contributed by atoms with Crippen molar-refractivity contribution in [2.75, 3.05) is 39.0 Å². The minimum atomic E-state index is -4.23. The monoisotopic (exact) mass is 362 g/mol. The molecule has 0 saturated carbocycles. The smallest absolute Gasteiger partial charge is 0.347 e. The number of carbonyl (C=O) groups excluding carboxylic acids is 2. The van der Waals surface area contributed by atoms with Crippen molar-refractivity contribution in [1.82, 2.24) is 24.6 Å². The van der Waals surface area contributed by atoms with E-state index < -0.39 is 12.7 Å². The number of halogens is 3. The summed E-state index contributed by atoms with van der Waals surface area (Å²) in [6.45, 7) is -0.507. The van der Waals surface area contributed by atoms with Gasteiger partial charge in [-0.25, -0.2) is 9.67 Å². The maximum absolute atomic E-state index is 12.4. The average molecular weight is 362 g/mol. The number of piperidine rings is 1. The lowest BCUT2D eigenvalue weighted by atomic mass is 9.96. The minimum absolute atomic E-state index is 0.00566. The van der Waals surface area contributed by atoms with Crippen molar-refractivity contribution in [3.05, 3.63) is 6.33 Å². The van der Waals surface area contributed by atoms with Gasteiger partial charge in [0.25, 0.3) is 0 Å². The topological polar surface area (TPSA) is 83.4 Å². The van der Waals surface area contributed by atoms with Gasteiger partial charge in [0.2, 0.25) is 17.8 Å². The van der Waals surface area contributed by atoms with Crippen LogP contribution in [0.4, 0.5) is 19.1 Å². The van der Waals surface area contributed by atoms with Gasteiger partial charge in [0.05, 0.1) is 6.54 Å². The predicted octanol–water partition coefficient (Wildman–Crippen LogP) is 0.579. The van der Waals surface area contributed by atoms with Gasteiger partial charge in [-0.2, -0.15) is 13.2 Å². The van der Waals surface area contributed by atoms with Crippen LogP contribution in [0, 0.1) is 5.92 Å². The van der Waals surface area contributed by atoms with Gasteiger partial charge in [0.1, 0.15) is 12.9 Å². The first-order valence-corrected chi connectivity index (χ1v) is 7.83. The third kappa shape index (κ3) is 6.00. The van der Waals surface area contributed by atoms with Crippen molar-refractivity contribution < 1.29 is 22.8 Å². The van der Waals surface area contributed by atoms with Crippen LogP contribution in [0.25, 0.3) is 0 Å². The first-order chi connectivity index (χ1) is 11.6. The summed E-state index contributed by atoms with van der Waals surface area (Å²) >= 11 is 0. The maximum Gasteiger partial charge on any atom is 0.401 e. The van der Waals surface area contributed by atoms with Crippen LogP contribution in [0.5, 0.6) is 0 Å². The van der Waals surface area contributed by atoms with Crippen molar-refractivity contribution in [3.8, 4) is 0 Å². The number of likely N-dealkylation sites (tertiary alicyclic amines) is 1. The Bertz CT molecular complexity index is 608. The second-order valence-corrected chi connectivity index (χ2v) is 6.21. The maximum atomic E-state index is 12.4. The van der Waals surface area contributed by atoms with E-state index in [0.29, 0.717) is 12.8 Å². The highest BCUT2D eigenvalue weighted by Crippen LogP contribution is 2.23. The third-order valence-electron chi connectivity index (χ3n) is 3.93. The van der Waals surface area contributed by atoms with E-state index in [0.717, 1.165) is 0 Å². The number of nitrogens with one attached hydrogen (secondary N) is 1. The molecule has 0 aliphatic carbocycles. The SMILES string of the molecule is CN(C)C(=O)Cn1cnc(NC(=O)C2CCN(CC(F)(F)F)CC2)n1. The molecule has 140 valence electrons.